The first kappa shape index (κ1) is 15.9. The van der Waals surface area contributed by atoms with Crippen molar-refractivity contribution in [1.29, 1.82) is 0 Å². The molecule has 0 bridgehead atoms. The van der Waals surface area contributed by atoms with E-state index in [-0.39, 0.29) is 0 Å². The van der Waals surface area contributed by atoms with Crippen molar-refractivity contribution in [2.24, 2.45) is 0 Å². The van der Waals surface area contributed by atoms with Gasteiger partial charge in [-0.05, 0) is 53.3 Å². The topological polar surface area (TPSA) is 0 Å². The van der Waals surface area contributed by atoms with Gasteiger partial charge < -0.3 is 0 Å². The summed E-state index contributed by atoms with van der Waals surface area (Å²) in [6, 6.07) is 21.7. The normalized spacial score (nSPS) is 14.1. The van der Waals surface area contributed by atoms with Gasteiger partial charge in [-0.3, -0.25) is 0 Å². The molecular weight excluding hydrogens is 356 g/mol. The molecule has 0 saturated carbocycles. The maximum atomic E-state index is 6.20. The van der Waals surface area contributed by atoms with E-state index >= 15 is 0 Å². The predicted molar refractivity (Wildman–Crippen MR) is 116 cm³/mol. The number of halogens is 1. The second-order valence-electron chi connectivity index (χ2n) is 6.64. The summed E-state index contributed by atoms with van der Waals surface area (Å²) >= 11 is 8.03. The van der Waals surface area contributed by atoms with E-state index in [1.807, 2.05) is 17.4 Å². The molecule has 1 aliphatic rings. The van der Waals surface area contributed by atoms with Crippen LogP contribution in [-0.4, -0.2) is 0 Å². The van der Waals surface area contributed by atoms with Crippen LogP contribution in [0.2, 0.25) is 5.02 Å². The van der Waals surface area contributed by atoms with Crippen molar-refractivity contribution < 1.29 is 0 Å². The van der Waals surface area contributed by atoms with Gasteiger partial charge in [-0.2, -0.15) is 0 Å². The predicted octanol–water partition coefficient (Wildman–Crippen LogP) is 8.11. The second kappa shape index (κ2) is 6.42. The third kappa shape index (κ3) is 2.68. The van der Waals surface area contributed by atoms with Crippen molar-refractivity contribution in [3.8, 4) is 11.1 Å². The maximum Gasteiger partial charge on any atom is 0.0433 e. The maximum absolute atomic E-state index is 6.20. The van der Waals surface area contributed by atoms with E-state index in [0.717, 1.165) is 17.9 Å². The quantitative estimate of drug-likeness (QED) is 0.333. The first-order valence-electron chi connectivity index (χ1n) is 8.88. The number of rotatable bonds is 2. The molecule has 0 amide bonds. The second-order valence-corrected chi connectivity index (χ2v) is 8.13. The fourth-order valence-electron chi connectivity index (χ4n) is 3.69. The molecule has 0 atom stereocenters. The minimum Gasteiger partial charge on any atom is -0.134 e. The van der Waals surface area contributed by atoms with Gasteiger partial charge >= 0.3 is 0 Å². The standard InChI is InChI=1S/C24H17ClS/c25-19-12-13-21-22-11-5-10-20(24(22)26-23(21)15-19)18-9-4-8-17(14-18)16-6-2-1-3-7-16/h2,4-15H,1,3H2. The number of hydrogen-bond acceptors (Lipinski definition) is 1. The molecule has 0 aliphatic heterocycles. The van der Waals surface area contributed by atoms with Crippen LogP contribution in [0.4, 0.5) is 0 Å². The highest BCUT2D eigenvalue weighted by Crippen LogP contribution is 2.41. The molecule has 1 aliphatic carbocycles. The van der Waals surface area contributed by atoms with Crippen molar-refractivity contribution in [3.05, 3.63) is 89.5 Å². The average Bonchev–Trinajstić information content (AvgIpc) is 3.06. The van der Waals surface area contributed by atoms with Gasteiger partial charge in [0.1, 0.15) is 0 Å². The number of thiophene rings is 1. The van der Waals surface area contributed by atoms with Crippen LogP contribution in [0.5, 0.6) is 0 Å². The Labute approximate surface area is 162 Å². The van der Waals surface area contributed by atoms with Gasteiger partial charge in [-0.25, -0.2) is 0 Å². The molecule has 0 radical (unpaired) electrons. The lowest BCUT2D eigenvalue weighted by molar-refractivity contribution is 1.04. The molecule has 5 rings (SSSR count). The monoisotopic (exact) mass is 372 g/mol. The van der Waals surface area contributed by atoms with Crippen molar-refractivity contribution in [2.75, 3.05) is 0 Å². The molecular formula is C24H17ClS. The Balaban J connectivity index is 1.71. The zero-order chi connectivity index (χ0) is 17.5. The van der Waals surface area contributed by atoms with Crippen molar-refractivity contribution >= 4 is 48.7 Å². The molecule has 2 heteroatoms. The molecule has 0 N–H and O–H groups in total. The minimum atomic E-state index is 0.795. The van der Waals surface area contributed by atoms with Crippen LogP contribution in [0.25, 0.3) is 36.9 Å². The summed E-state index contributed by atoms with van der Waals surface area (Å²) in [5, 5.41) is 3.38. The largest absolute Gasteiger partial charge is 0.134 e. The fourth-order valence-corrected chi connectivity index (χ4v) is 5.21. The van der Waals surface area contributed by atoms with Gasteiger partial charge in [0, 0.05) is 25.2 Å². The number of benzene rings is 3. The Morgan fingerprint density at radius 2 is 1.69 bits per heavy atom. The summed E-state index contributed by atoms with van der Waals surface area (Å²) in [4.78, 5) is 0. The van der Waals surface area contributed by atoms with Gasteiger partial charge in [-0.15, -0.1) is 11.3 Å². The van der Waals surface area contributed by atoms with Crippen LogP contribution < -0.4 is 0 Å². The lowest BCUT2D eigenvalue weighted by Gasteiger charge is -2.10. The van der Waals surface area contributed by atoms with Crippen LogP contribution in [0.15, 0.2) is 78.9 Å². The third-order valence-corrected chi connectivity index (χ3v) is 6.40. The van der Waals surface area contributed by atoms with E-state index in [1.165, 1.54) is 42.4 Å². The molecule has 0 spiro atoms. The van der Waals surface area contributed by atoms with Crippen molar-refractivity contribution in [2.45, 2.75) is 12.8 Å². The first-order chi connectivity index (χ1) is 12.8. The fraction of sp³-hybridized carbons (Fsp3) is 0.0833. The van der Waals surface area contributed by atoms with E-state index in [0.29, 0.717) is 0 Å². The van der Waals surface area contributed by atoms with E-state index in [4.69, 9.17) is 11.6 Å². The van der Waals surface area contributed by atoms with E-state index < -0.39 is 0 Å². The average molecular weight is 373 g/mol. The highest BCUT2D eigenvalue weighted by atomic mass is 35.5. The number of hydrogen-bond donors (Lipinski definition) is 0. The SMILES string of the molecule is Clc1ccc2c(c1)sc1c(-c3cccc(C4=CCCC=C4)c3)cccc12. The first-order valence-corrected chi connectivity index (χ1v) is 10.1. The van der Waals surface area contributed by atoms with Gasteiger partial charge in [0.2, 0.25) is 0 Å². The van der Waals surface area contributed by atoms with Gasteiger partial charge in [-0.1, -0.05) is 72.3 Å². The summed E-state index contributed by atoms with van der Waals surface area (Å²) in [5.74, 6) is 0. The van der Waals surface area contributed by atoms with Crippen LogP contribution in [0.1, 0.15) is 18.4 Å². The molecule has 26 heavy (non-hydrogen) atoms. The third-order valence-electron chi connectivity index (χ3n) is 4.96. The Kier molecular flexibility index (Phi) is 3.92. The lowest BCUT2D eigenvalue weighted by atomic mass is 9.95. The smallest absolute Gasteiger partial charge is 0.0433 e. The molecule has 0 saturated heterocycles. The van der Waals surface area contributed by atoms with Crippen LogP contribution in [-0.2, 0) is 0 Å². The zero-order valence-corrected chi connectivity index (χ0v) is 15.8. The molecule has 1 heterocycles. The van der Waals surface area contributed by atoms with E-state index in [9.17, 15) is 0 Å². The Hall–Kier alpha value is -2.35. The summed E-state index contributed by atoms with van der Waals surface area (Å²) in [6.45, 7) is 0. The molecule has 126 valence electrons. The van der Waals surface area contributed by atoms with Crippen LogP contribution in [0, 0.1) is 0 Å². The highest BCUT2D eigenvalue weighted by Gasteiger charge is 2.11. The van der Waals surface area contributed by atoms with Crippen molar-refractivity contribution in [1.82, 2.24) is 0 Å². The van der Waals surface area contributed by atoms with Crippen LogP contribution >= 0.6 is 22.9 Å². The van der Waals surface area contributed by atoms with Gasteiger partial charge in [0.15, 0.2) is 0 Å². The number of fused-ring (bicyclic) bond motifs is 3. The highest BCUT2D eigenvalue weighted by molar-refractivity contribution is 7.26. The minimum absolute atomic E-state index is 0.795. The molecule has 0 unspecified atom stereocenters. The van der Waals surface area contributed by atoms with Crippen molar-refractivity contribution in [3.63, 3.8) is 0 Å². The summed E-state index contributed by atoms with van der Waals surface area (Å²) in [7, 11) is 0. The summed E-state index contributed by atoms with van der Waals surface area (Å²) in [5.41, 5.74) is 5.18. The molecule has 0 nitrogen and oxygen atoms in total. The molecule has 0 fully saturated rings. The molecule has 1 aromatic heterocycles. The molecule has 3 aromatic carbocycles. The summed E-state index contributed by atoms with van der Waals surface area (Å²) < 4.78 is 2.57. The summed E-state index contributed by atoms with van der Waals surface area (Å²) in [6.07, 6.45) is 9.11. The Morgan fingerprint density at radius 1 is 0.808 bits per heavy atom. The van der Waals surface area contributed by atoms with Gasteiger partial charge in [0.25, 0.3) is 0 Å². The number of allylic oxidation sites excluding steroid dienone is 4. The van der Waals surface area contributed by atoms with Gasteiger partial charge in [0.05, 0.1) is 0 Å². The lowest BCUT2D eigenvalue weighted by Crippen LogP contribution is -1.87. The van der Waals surface area contributed by atoms with Crippen LogP contribution in [0.3, 0.4) is 0 Å². The Bertz CT molecular complexity index is 1190. The van der Waals surface area contributed by atoms with E-state index in [1.54, 1.807) is 0 Å². The van der Waals surface area contributed by atoms with E-state index in [2.05, 4.69) is 72.8 Å². The molecule has 4 aromatic rings. The Morgan fingerprint density at radius 3 is 2.58 bits per heavy atom. The zero-order valence-electron chi connectivity index (χ0n) is 14.2.